The minimum Gasteiger partial charge on any atom is -0.347 e. The number of urea groups is 1. The fraction of sp³-hybridized carbons (Fsp3) is 0.250. The van der Waals surface area contributed by atoms with Crippen LogP contribution in [0.15, 0.2) is 47.4 Å². The molecule has 4 rings (SSSR count). The monoisotopic (exact) mass is 369 g/mol. The van der Waals surface area contributed by atoms with E-state index < -0.39 is 0 Å². The van der Waals surface area contributed by atoms with Crippen LogP contribution in [-0.4, -0.2) is 28.3 Å². The Kier molecular flexibility index (Phi) is 4.36. The zero-order chi connectivity index (χ0) is 18.3. The molecular formula is C20H20FN3OS. The minimum absolute atomic E-state index is 0.124. The second-order valence-electron chi connectivity index (χ2n) is 6.48. The number of nitrogens with one attached hydrogen (secondary N) is 1. The van der Waals surface area contributed by atoms with Crippen LogP contribution in [-0.2, 0) is 20.0 Å². The molecule has 1 aliphatic rings. The fourth-order valence-corrected chi connectivity index (χ4v) is 4.01. The van der Waals surface area contributed by atoms with Gasteiger partial charge in [-0.2, -0.15) is 0 Å². The van der Waals surface area contributed by atoms with E-state index in [4.69, 9.17) is 0 Å². The molecule has 26 heavy (non-hydrogen) atoms. The van der Waals surface area contributed by atoms with Crippen molar-refractivity contribution in [1.29, 1.82) is 0 Å². The van der Waals surface area contributed by atoms with Crippen molar-refractivity contribution in [3.05, 3.63) is 59.5 Å². The summed E-state index contributed by atoms with van der Waals surface area (Å²) in [5.74, 6) is -0.249. The van der Waals surface area contributed by atoms with E-state index in [0.29, 0.717) is 13.1 Å². The average Bonchev–Trinajstić information content (AvgIpc) is 2.93. The first-order valence-corrected chi connectivity index (χ1v) is 9.75. The molecule has 0 saturated heterocycles. The van der Waals surface area contributed by atoms with Gasteiger partial charge in [0, 0.05) is 59.3 Å². The van der Waals surface area contributed by atoms with Crippen LogP contribution in [0.4, 0.5) is 14.9 Å². The first-order chi connectivity index (χ1) is 12.6. The number of hydrogen-bond donors (Lipinski definition) is 1. The SMILES string of the molecule is CSc1ccc(NC(=O)N2CCc3c(c4cc(F)ccc4n3C)C2)cc1. The van der Waals surface area contributed by atoms with Gasteiger partial charge >= 0.3 is 6.03 Å². The number of rotatable bonds is 2. The van der Waals surface area contributed by atoms with E-state index in [1.54, 1.807) is 28.8 Å². The summed E-state index contributed by atoms with van der Waals surface area (Å²) in [7, 11) is 2.00. The van der Waals surface area contributed by atoms with E-state index in [9.17, 15) is 9.18 Å². The number of halogens is 1. The molecule has 1 aromatic heterocycles. The number of nitrogens with zero attached hydrogens (tertiary/aromatic N) is 2. The van der Waals surface area contributed by atoms with Crippen LogP contribution in [0.5, 0.6) is 0 Å². The predicted octanol–water partition coefficient (Wildman–Crippen LogP) is 4.63. The summed E-state index contributed by atoms with van der Waals surface area (Å²) in [6.45, 7) is 1.14. The Hall–Kier alpha value is -2.47. The van der Waals surface area contributed by atoms with E-state index in [1.807, 2.05) is 37.6 Å². The van der Waals surface area contributed by atoms with Crippen molar-refractivity contribution in [2.45, 2.75) is 17.9 Å². The topological polar surface area (TPSA) is 37.3 Å². The largest absolute Gasteiger partial charge is 0.347 e. The third kappa shape index (κ3) is 2.94. The molecule has 0 spiro atoms. The van der Waals surface area contributed by atoms with E-state index in [1.165, 1.54) is 11.8 Å². The molecule has 0 bridgehead atoms. The normalized spacial score (nSPS) is 13.7. The Bertz CT molecular complexity index is 981. The van der Waals surface area contributed by atoms with Gasteiger partial charge in [0.1, 0.15) is 5.82 Å². The van der Waals surface area contributed by atoms with E-state index in [-0.39, 0.29) is 11.8 Å². The van der Waals surface area contributed by atoms with E-state index in [2.05, 4.69) is 9.88 Å². The number of aryl methyl sites for hydroxylation is 1. The molecule has 134 valence electrons. The second-order valence-corrected chi connectivity index (χ2v) is 7.36. The number of amides is 2. The second kappa shape index (κ2) is 6.68. The maximum absolute atomic E-state index is 13.7. The van der Waals surface area contributed by atoms with Crippen LogP contribution in [0, 0.1) is 5.82 Å². The first-order valence-electron chi connectivity index (χ1n) is 8.52. The van der Waals surface area contributed by atoms with Gasteiger partial charge in [-0.3, -0.25) is 0 Å². The molecule has 6 heteroatoms. The summed E-state index contributed by atoms with van der Waals surface area (Å²) >= 11 is 1.67. The van der Waals surface area contributed by atoms with Crippen molar-refractivity contribution in [2.24, 2.45) is 7.05 Å². The number of hydrogen-bond acceptors (Lipinski definition) is 2. The molecule has 2 aromatic carbocycles. The summed E-state index contributed by atoms with van der Waals surface area (Å²) in [5.41, 5.74) is 4.01. The maximum atomic E-state index is 13.7. The van der Waals surface area contributed by atoms with Crippen LogP contribution >= 0.6 is 11.8 Å². The Labute approximate surface area is 156 Å². The Balaban J connectivity index is 1.57. The molecule has 0 aliphatic carbocycles. The van der Waals surface area contributed by atoms with Crippen molar-refractivity contribution in [2.75, 3.05) is 18.1 Å². The smallest absolute Gasteiger partial charge is 0.322 e. The molecule has 0 saturated carbocycles. The molecule has 0 fully saturated rings. The third-order valence-electron chi connectivity index (χ3n) is 4.99. The average molecular weight is 369 g/mol. The highest BCUT2D eigenvalue weighted by molar-refractivity contribution is 7.98. The summed E-state index contributed by atoms with van der Waals surface area (Å²) in [6.07, 6.45) is 2.78. The van der Waals surface area contributed by atoms with Gasteiger partial charge < -0.3 is 14.8 Å². The van der Waals surface area contributed by atoms with Crippen LogP contribution in [0.2, 0.25) is 0 Å². The summed E-state index contributed by atoms with van der Waals surface area (Å²) < 4.78 is 15.8. The highest BCUT2D eigenvalue weighted by atomic mass is 32.2. The lowest BCUT2D eigenvalue weighted by molar-refractivity contribution is 0.206. The zero-order valence-corrected chi connectivity index (χ0v) is 15.6. The number of anilines is 1. The predicted molar refractivity (Wildman–Crippen MR) is 104 cm³/mol. The lowest BCUT2D eigenvalue weighted by atomic mass is 10.0. The lowest BCUT2D eigenvalue weighted by Crippen LogP contribution is -2.39. The quantitative estimate of drug-likeness (QED) is 0.669. The van der Waals surface area contributed by atoms with E-state index >= 15 is 0 Å². The number of benzene rings is 2. The van der Waals surface area contributed by atoms with Crippen LogP contribution in [0.1, 0.15) is 11.3 Å². The minimum atomic E-state index is -0.249. The molecule has 0 radical (unpaired) electrons. The maximum Gasteiger partial charge on any atom is 0.322 e. The molecule has 3 aromatic rings. The van der Waals surface area contributed by atoms with Gasteiger partial charge in [-0.05, 0) is 48.7 Å². The molecular weight excluding hydrogens is 349 g/mol. The standard InChI is InChI=1S/C20H20FN3OS/c1-23-18-8-3-13(21)11-16(18)17-12-24(10-9-19(17)23)20(25)22-14-4-6-15(26-2)7-5-14/h3-8,11H,9-10,12H2,1-2H3,(H,22,25). The molecule has 2 amide bonds. The van der Waals surface area contributed by atoms with Crippen molar-refractivity contribution in [1.82, 2.24) is 9.47 Å². The van der Waals surface area contributed by atoms with Gasteiger partial charge in [0.2, 0.25) is 0 Å². The summed E-state index contributed by atoms with van der Waals surface area (Å²) in [5, 5.41) is 3.85. The fourth-order valence-electron chi connectivity index (χ4n) is 3.60. The number of aromatic nitrogens is 1. The Morgan fingerprint density at radius 2 is 1.96 bits per heavy atom. The van der Waals surface area contributed by atoms with Crippen LogP contribution in [0.25, 0.3) is 10.9 Å². The Morgan fingerprint density at radius 3 is 2.69 bits per heavy atom. The van der Waals surface area contributed by atoms with Crippen molar-refractivity contribution in [3.8, 4) is 0 Å². The van der Waals surface area contributed by atoms with Crippen LogP contribution < -0.4 is 5.32 Å². The number of carbonyl (C=O) groups excluding carboxylic acids is 1. The van der Waals surface area contributed by atoms with Crippen molar-refractivity contribution in [3.63, 3.8) is 0 Å². The lowest BCUT2D eigenvalue weighted by Gasteiger charge is -2.28. The molecule has 1 N–H and O–H groups in total. The van der Waals surface area contributed by atoms with Crippen LogP contribution in [0.3, 0.4) is 0 Å². The van der Waals surface area contributed by atoms with Gasteiger partial charge in [-0.25, -0.2) is 9.18 Å². The third-order valence-corrected chi connectivity index (χ3v) is 5.74. The van der Waals surface area contributed by atoms with Gasteiger partial charge in [-0.1, -0.05) is 0 Å². The number of thioether (sulfide) groups is 1. The van der Waals surface area contributed by atoms with Gasteiger partial charge in [0.15, 0.2) is 0 Å². The van der Waals surface area contributed by atoms with E-state index in [0.717, 1.165) is 33.5 Å². The van der Waals surface area contributed by atoms with Crippen molar-refractivity contribution < 1.29 is 9.18 Å². The summed E-state index contributed by atoms with van der Waals surface area (Å²) in [6, 6.07) is 12.5. The van der Waals surface area contributed by atoms with Crippen molar-refractivity contribution >= 4 is 34.4 Å². The zero-order valence-electron chi connectivity index (χ0n) is 14.8. The number of carbonyl (C=O) groups is 1. The molecule has 2 heterocycles. The van der Waals surface area contributed by atoms with Gasteiger partial charge in [-0.15, -0.1) is 11.8 Å². The Morgan fingerprint density at radius 1 is 1.19 bits per heavy atom. The molecule has 0 unspecified atom stereocenters. The summed E-state index contributed by atoms with van der Waals surface area (Å²) in [4.78, 5) is 15.6. The number of fused-ring (bicyclic) bond motifs is 3. The first kappa shape index (κ1) is 17.0. The molecule has 4 nitrogen and oxygen atoms in total. The molecule has 0 atom stereocenters. The van der Waals surface area contributed by atoms with Gasteiger partial charge in [0.05, 0.1) is 0 Å². The highest BCUT2D eigenvalue weighted by Crippen LogP contribution is 2.31. The molecule has 1 aliphatic heterocycles. The van der Waals surface area contributed by atoms with Gasteiger partial charge in [0.25, 0.3) is 0 Å². The highest BCUT2D eigenvalue weighted by Gasteiger charge is 2.26.